The van der Waals surface area contributed by atoms with Crippen LogP contribution in [0.1, 0.15) is 44.1 Å². The van der Waals surface area contributed by atoms with E-state index in [-0.39, 0.29) is 0 Å². The third-order valence-corrected chi connectivity index (χ3v) is 4.41. The number of hydrogen-bond acceptors (Lipinski definition) is 2. The monoisotopic (exact) mass is 287 g/mol. The number of hydrogen-bond donors (Lipinski definition) is 1. The molecule has 3 rings (SSSR count). The smallest absolute Gasteiger partial charge is 0.191 e. The zero-order chi connectivity index (χ0) is 14.5. The van der Waals surface area contributed by atoms with Crippen LogP contribution in [0.15, 0.2) is 29.3 Å². The SMILES string of the molecule is NC(=NCc1ccccc1OC1CCC1)N1CCCCC1. The quantitative estimate of drug-likeness (QED) is 0.684. The molecule has 2 fully saturated rings. The lowest BCUT2D eigenvalue weighted by Gasteiger charge is -2.28. The van der Waals surface area contributed by atoms with Crippen LogP contribution in [0.2, 0.25) is 0 Å². The molecule has 0 unspecified atom stereocenters. The number of guanidine groups is 1. The molecule has 1 aromatic carbocycles. The van der Waals surface area contributed by atoms with Gasteiger partial charge in [-0.3, -0.25) is 0 Å². The van der Waals surface area contributed by atoms with Gasteiger partial charge in [0.15, 0.2) is 5.96 Å². The van der Waals surface area contributed by atoms with Gasteiger partial charge in [-0.25, -0.2) is 4.99 Å². The highest BCUT2D eigenvalue weighted by Gasteiger charge is 2.20. The first-order valence-electron chi connectivity index (χ1n) is 8.12. The predicted octanol–water partition coefficient (Wildman–Crippen LogP) is 2.92. The molecular weight excluding hydrogens is 262 g/mol. The molecule has 4 heteroatoms. The maximum atomic E-state index is 6.12. The minimum Gasteiger partial charge on any atom is -0.490 e. The fourth-order valence-electron chi connectivity index (χ4n) is 2.81. The Hall–Kier alpha value is -1.71. The summed E-state index contributed by atoms with van der Waals surface area (Å²) in [5, 5.41) is 0. The van der Waals surface area contributed by atoms with Gasteiger partial charge in [0.25, 0.3) is 0 Å². The van der Waals surface area contributed by atoms with Gasteiger partial charge < -0.3 is 15.4 Å². The van der Waals surface area contributed by atoms with Gasteiger partial charge in [0.05, 0.1) is 12.6 Å². The highest BCUT2D eigenvalue weighted by Crippen LogP contribution is 2.27. The second-order valence-electron chi connectivity index (χ2n) is 6.00. The minimum absolute atomic E-state index is 0.398. The molecule has 0 atom stereocenters. The van der Waals surface area contributed by atoms with Crippen LogP contribution in [0.3, 0.4) is 0 Å². The lowest BCUT2D eigenvalue weighted by molar-refractivity contribution is 0.119. The zero-order valence-electron chi connectivity index (χ0n) is 12.6. The van der Waals surface area contributed by atoms with E-state index in [2.05, 4.69) is 16.0 Å². The van der Waals surface area contributed by atoms with E-state index in [9.17, 15) is 0 Å². The lowest BCUT2D eigenvalue weighted by atomic mass is 9.96. The summed E-state index contributed by atoms with van der Waals surface area (Å²) in [6.07, 6.45) is 7.78. The molecule has 0 radical (unpaired) electrons. The molecular formula is C17H25N3O. The van der Waals surface area contributed by atoms with Crippen LogP contribution >= 0.6 is 0 Å². The van der Waals surface area contributed by atoms with Crippen molar-refractivity contribution >= 4 is 5.96 Å². The van der Waals surface area contributed by atoms with Crippen LogP contribution in [0.25, 0.3) is 0 Å². The minimum atomic E-state index is 0.398. The Morgan fingerprint density at radius 1 is 1.14 bits per heavy atom. The number of rotatable bonds is 4. The van der Waals surface area contributed by atoms with Crippen molar-refractivity contribution in [2.75, 3.05) is 13.1 Å². The fraction of sp³-hybridized carbons (Fsp3) is 0.588. The molecule has 1 saturated carbocycles. The maximum absolute atomic E-state index is 6.12. The van der Waals surface area contributed by atoms with Crippen molar-refractivity contribution in [2.45, 2.75) is 51.2 Å². The van der Waals surface area contributed by atoms with Crippen molar-refractivity contribution in [2.24, 2.45) is 10.7 Å². The van der Waals surface area contributed by atoms with E-state index in [0.717, 1.165) is 24.4 Å². The first kappa shape index (κ1) is 14.2. The summed E-state index contributed by atoms with van der Waals surface area (Å²) in [6, 6.07) is 8.19. The topological polar surface area (TPSA) is 50.9 Å². The third-order valence-electron chi connectivity index (χ3n) is 4.41. The zero-order valence-corrected chi connectivity index (χ0v) is 12.6. The summed E-state index contributed by atoms with van der Waals surface area (Å²) in [5.41, 5.74) is 7.25. The molecule has 1 saturated heterocycles. The van der Waals surface area contributed by atoms with Gasteiger partial charge in [0, 0.05) is 18.7 Å². The molecule has 1 aromatic rings. The largest absolute Gasteiger partial charge is 0.490 e. The molecule has 2 N–H and O–H groups in total. The molecule has 0 amide bonds. The van der Waals surface area contributed by atoms with Gasteiger partial charge in [-0.05, 0) is 44.6 Å². The van der Waals surface area contributed by atoms with E-state index in [0.29, 0.717) is 18.6 Å². The number of para-hydroxylation sites is 1. The summed E-state index contributed by atoms with van der Waals surface area (Å²) in [7, 11) is 0. The number of aliphatic imine (C=N–C) groups is 1. The van der Waals surface area contributed by atoms with E-state index in [4.69, 9.17) is 10.5 Å². The molecule has 4 nitrogen and oxygen atoms in total. The lowest BCUT2D eigenvalue weighted by Crippen LogP contribution is -2.40. The Balaban J connectivity index is 1.63. The van der Waals surface area contributed by atoms with E-state index in [1.807, 2.05) is 18.2 Å². The van der Waals surface area contributed by atoms with Crippen LogP contribution in [-0.2, 0) is 6.54 Å². The van der Waals surface area contributed by atoms with E-state index in [1.165, 1.54) is 38.5 Å². The molecule has 1 aliphatic heterocycles. The standard InChI is InChI=1S/C17H25N3O/c18-17(20-11-4-1-5-12-20)19-13-14-7-2-3-10-16(14)21-15-8-6-9-15/h2-3,7,10,15H,1,4-6,8-9,11-13H2,(H2,18,19). The van der Waals surface area contributed by atoms with Crippen LogP contribution in [0.4, 0.5) is 0 Å². The van der Waals surface area contributed by atoms with Gasteiger partial charge in [-0.1, -0.05) is 18.2 Å². The van der Waals surface area contributed by atoms with Crippen LogP contribution in [-0.4, -0.2) is 30.1 Å². The number of ether oxygens (including phenoxy) is 1. The Morgan fingerprint density at radius 3 is 2.62 bits per heavy atom. The van der Waals surface area contributed by atoms with Gasteiger partial charge in [0.1, 0.15) is 5.75 Å². The average Bonchev–Trinajstić information content (AvgIpc) is 2.50. The number of nitrogens with zero attached hydrogens (tertiary/aromatic N) is 2. The summed E-state index contributed by atoms with van der Waals surface area (Å²) < 4.78 is 6.04. The Morgan fingerprint density at radius 2 is 1.90 bits per heavy atom. The molecule has 114 valence electrons. The van der Waals surface area contributed by atoms with Crippen molar-refractivity contribution < 1.29 is 4.74 Å². The van der Waals surface area contributed by atoms with Gasteiger partial charge >= 0.3 is 0 Å². The Labute approximate surface area is 127 Å². The number of piperidine rings is 1. The van der Waals surface area contributed by atoms with Crippen molar-refractivity contribution in [3.8, 4) is 5.75 Å². The molecule has 2 aliphatic rings. The third kappa shape index (κ3) is 3.69. The molecule has 0 bridgehead atoms. The normalized spacial score (nSPS) is 20.2. The molecule has 1 heterocycles. The summed E-state index contributed by atoms with van der Waals surface area (Å²) in [6.45, 7) is 2.68. The van der Waals surface area contributed by atoms with E-state index < -0.39 is 0 Å². The molecule has 1 aliphatic carbocycles. The summed E-state index contributed by atoms with van der Waals surface area (Å²) in [5.74, 6) is 1.64. The average molecular weight is 287 g/mol. The fourth-order valence-corrected chi connectivity index (χ4v) is 2.81. The second kappa shape index (κ2) is 6.83. The van der Waals surface area contributed by atoms with Crippen LogP contribution in [0, 0.1) is 0 Å². The van der Waals surface area contributed by atoms with E-state index >= 15 is 0 Å². The van der Waals surface area contributed by atoms with Gasteiger partial charge in [-0.2, -0.15) is 0 Å². The van der Waals surface area contributed by atoms with E-state index in [1.54, 1.807) is 0 Å². The van der Waals surface area contributed by atoms with Gasteiger partial charge in [0.2, 0.25) is 0 Å². The highest BCUT2D eigenvalue weighted by atomic mass is 16.5. The summed E-state index contributed by atoms with van der Waals surface area (Å²) >= 11 is 0. The van der Waals surface area contributed by atoms with Crippen LogP contribution in [0.5, 0.6) is 5.75 Å². The molecule has 0 aromatic heterocycles. The van der Waals surface area contributed by atoms with Crippen molar-refractivity contribution in [1.82, 2.24) is 4.90 Å². The number of likely N-dealkylation sites (tertiary alicyclic amines) is 1. The number of benzene rings is 1. The Kier molecular flexibility index (Phi) is 4.63. The van der Waals surface area contributed by atoms with Crippen molar-refractivity contribution in [1.29, 1.82) is 0 Å². The predicted molar refractivity (Wildman–Crippen MR) is 85.5 cm³/mol. The van der Waals surface area contributed by atoms with Gasteiger partial charge in [-0.15, -0.1) is 0 Å². The molecule has 0 spiro atoms. The number of nitrogens with two attached hydrogens (primary N) is 1. The first-order chi connectivity index (χ1) is 10.3. The van der Waals surface area contributed by atoms with Crippen molar-refractivity contribution in [3.63, 3.8) is 0 Å². The van der Waals surface area contributed by atoms with Crippen LogP contribution < -0.4 is 10.5 Å². The molecule has 21 heavy (non-hydrogen) atoms. The summed E-state index contributed by atoms with van der Waals surface area (Å²) in [4.78, 5) is 6.76. The maximum Gasteiger partial charge on any atom is 0.191 e. The Bertz CT molecular complexity index is 491. The highest BCUT2D eigenvalue weighted by molar-refractivity contribution is 5.78. The second-order valence-corrected chi connectivity index (χ2v) is 6.00. The van der Waals surface area contributed by atoms with Crippen molar-refractivity contribution in [3.05, 3.63) is 29.8 Å². The first-order valence-corrected chi connectivity index (χ1v) is 8.12.